The van der Waals surface area contributed by atoms with E-state index in [0.29, 0.717) is 23.3 Å². The molecule has 1 unspecified atom stereocenters. The Morgan fingerprint density at radius 2 is 2.14 bits per heavy atom. The average molecular weight is 317 g/mol. The van der Waals surface area contributed by atoms with Gasteiger partial charge in [-0.2, -0.15) is 4.98 Å². The molecule has 0 bridgehead atoms. The summed E-state index contributed by atoms with van der Waals surface area (Å²) in [6.45, 7) is 0. The Morgan fingerprint density at radius 1 is 1.32 bits per heavy atom. The van der Waals surface area contributed by atoms with E-state index in [1.165, 1.54) is 11.2 Å². The van der Waals surface area contributed by atoms with Gasteiger partial charge in [-0.15, -0.1) is 0 Å². The zero-order valence-corrected chi connectivity index (χ0v) is 12.4. The van der Waals surface area contributed by atoms with Gasteiger partial charge in [-0.3, -0.25) is 9.79 Å². The number of carbonyl (C=O) groups excluding carboxylic acids is 1. The molecule has 0 N–H and O–H groups in total. The SMILES string of the molecule is O=C1C(Cc2ccccc2Cl)N=CN1c1noc(C2CC2)n1. The minimum absolute atomic E-state index is 0.164. The van der Waals surface area contributed by atoms with Crippen LogP contribution in [0.3, 0.4) is 0 Å². The van der Waals surface area contributed by atoms with Crippen LogP contribution in [0.5, 0.6) is 0 Å². The van der Waals surface area contributed by atoms with E-state index in [2.05, 4.69) is 15.1 Å². The van der Waals surface area contributed by atoms with Crippen molar-refractivity contribution in [2.75, 3.05) is 4.90 Å². The molecule has 22 heavy (non-hydrogen) atoms. The first-order chi connectivity index (χ1) is 10.7. The van der Waals surface area contributed by atoms with Gasteiger partial charge in [-0.05, 0) is 29.6 Å². The van der Waals surface area contributed by atoms with Crippen molar-refractivity contribution < 1.29 is 9.32 Å². The molecule has 1 atom stereocenters. The standard InChI is InChI=1S/C15H13ClN4O2/c16-11-4-2-1-3-10(11)7-12-14(21)20(8-17-12)15-18-13(22-19-15)9-5-6-9/h1-4,8-9,12H,5-7H2. The Kier molecular flexibility index (Phi) is 3.18. The van der Waals surface area contributed by atoms with Crippen LogP contribution in [-0.2, 0) is 11.2 Å². The van der Waals surface area contributed by atoms with E-state index in [1.54, 1.807) is 6.07 Å². The van der Waals surface area contributed by atoms with Gasteiger partial charge in [0.05, 0.1) is 0 Å². The number of nitrogens with zero attached hydrogens (tertiary/aromatic N) is 4. The number of aromatic nitrogens is 2. The minimum atomic E-state index is -0.497. The van der Waals surface area contributed by atoms with Gasteiger partial charge in [-0.25, -0.2) is 4.90 Å². The quantitative estimate of drug-likeness (QED) is 0.869. The summed E-state index contributed by atoms with van der Waals surface area (Å²) in [5.41, 5.74) is 0.897. The largest absolute Gasteiger partial charge is 0.337 e. The van der Waals surface area contributed by atoms with E-state index in [4.69, 9.17) is 16.1 Å². The summed E-state index contributed by atoms with van der Waals surface area (Å²) in [6.07, 6.45) is 4.06. The molecular weight excluding hydrogens is 304 g/mol. The highest BCUT2D eigenvalue weighted by atomic mass is 35.5. The molecule has 4 rings (SSSR count). The van der Waals surface area contributed by atoms with E-state index >= 15 is 0 Å². The molecule has 2 aliphatic rings. The van der Waals surface area contributed by atoms with E-state index in [-0.39, 0.29) is 11.9 Å². The monoisotopic (exact) mass is 316 g/mol. The third kappa shape index (κ3) is 2.39. The number of benzene rings is 1. The maximum atomic E-state index is 12.5. The zero-order valence-electron chi connectivity index (χ0n) is 11.6. The molecule has 7 heteroatoms. The van der Waals surface area contributed by atoms with Crippen LogP contribution in [0.15, 0.2) is 33.8 Å². The van der Waals surface area contributed by atoms with Crippen LogP contribution in [0.1, 0.15) is 30.2 Å². The molecule has 1 aromatic carbocycles. The van der Waals surface area contributed by atoms with Gasteiger partial charge in [0.2, 0.25) is 5.89 Å². The summed E-state index contributed by atoms with van der Waals surface area (Å²) in [7, 11) is 0. The van der Waals surface area contributed by atoms with Gasteiger partial charge < -0.3 is 4.52 Å². The first-order valence-electron chi connectivity index (χ1n) is 7.16. The van der Waals surface area contributed by atoms with E-state index in [0.717, 1.165) is 18.4 Å². The number of amides is 1. The van der Waals surface area contributed by atoms with Crippen LogP contribution in [0, 0.1) is 0 Å². The third-order valence-electron chi connectivity index (χ3n) is 3.83. The van der Waals surface area contributed by atoms with Crippen LogP contribution in [-0.4, -0.2) is 28.4 Å². The van der Waals surface area contributed by atoms with Gasteiger partial charge >= 0.3 is 0 Å². The molecule has 2 aromatic rings. The van der Waals surface area contributed by atoms with Crippen LogP contribution in [0.4, 0.5) is 5.95 Å². The number of hydrogen-bond acceptors (Lipinski definition) is 5. The minimum Gasteiger partial charge on any atom is -0.337 e. The number of halogens is 1. The first-order valence-corrected chi connectivity index (χ1v) is 7.53. The van der Waals surface area contributed by atoms with Gasteiger partial charge in [0, 0.05) is 17.4 Å². The lowest BCUT2D eigenvalue weighted by molar-refractivity contribution is -0.118. The van der Waals surface area contributed by atoms with Gasteiger partial charge in [0.15, 0.2) is 0 Å². The highest BCUT2D eigenvalue weighted by molar-refractivity contribution is 6.31. The zero-order chi connectivity index (χ0) is 15.1. The molecular formula is C15H13ClN4O2. The average Bonchev–Trinajstić information content (AvgIpc) is 3.15. The molecule has 112 valence electrons. The predicted octanol–water partition coefficient (Wildman–Crippen LogP) is 2.59. The molecule has 0 radical (unpaired) electrons. The lowest BCUT2D eigenvalue weighted by atomic mass is 10.1. The number of carbonyl (C=O) groups is 1. The Hall–Kier alpha value is -2.21. The predicted molar refractivity (Wildman–Crippen MR) is 81.2 cm³/mol. The maximum absolute atomic E-state index is 12.5. The Balaban J connectivity index is 1.50. The Morgan fingerprint density at radius 3 is 2.91 bits per heavy atom. The van der Waals surface area contributed by atoms with Crippen molar-refractivity contribution in [3.8, 4) is 0 Å². The van der Waals surface area contributed by atoms with Gasteiger partial charge in [0.1, 0.15) is 12.4 Å². The topological polar surface area (TPSA) is 71.6 Å². The molecule has 1 amide bonds. The Labute approximate surface area is 131 Å². The lowest BCUT2D eigenvalue weighted by Gasteiger charge is -2.10. The molecule has 1 fully saturated rings. The summed E-state index contributed by atoms with van der Waals surface area (Å²) < 4.78 is 5.18. The fourth-order valence-electron chi connectivity index (χ4n) is 2.41. The summed E-state index contributed by atoms with van der Waals surface area (Å²) >= 11 is 6.13. The van der Waals surface area contributed by atoms with E-state index in [9.17, 15) is 4.79 Å². The number of hydrogen-bond donors (Lipinski definition) is 0. The van der Waals surface area contributed by atoms with Crippen molar-refractivity contribution in [3.05, 3.63) is 40.7 Å². The van der Waals surface area contributed by atoms with Crippen molar-refractivity contribution in [1.29, 1.82) is 0 Å². The van der Waals surface area contributed by atoms with E-state index < -0.39 is 6.04 Å². The Bertz CT molecular complexity index is 754. The molecule has 0 spiro atoms. The van der Waals surface area contributed by atoms with Crippen molar-refractivity contribution in [2.45, 2.75) is 31.2 Å². The second-order valence-corrected chi connectivity index (χ2v) is 5.90. The number of rotatable bonds is 4. The molecule has 1 aliphatic heterocycles. The fraction of sp³-hybridized carbons (Fsp3) is 0.333. The van der Waals surface area contributed by atoms with Crippen molar-refractivity contribution in [1.82, 2.24) is 10.1 Å². The van der Waals surface area contributed by atoms with Crippen molar-refractivity contribution in [2.24, 2.45) is 4.99 Å². The molecule has 2 heterocycles. The molecule has 1 aromatic heterocycles. The number of aliphatic imine (C=N–C) groups is 1. The van der Waals surface area contributed by atoms with Crippen LogP contribution < -0.4 is 4.90 Å². The highest BCUT2D eigenvalue weighted by Crippen LogP contribution is 2.39. The summed E-state index contributed by atoms with van der Waals surface area (Å²) in [5, 5.41) is 4.51. The van der Waals surface area contributed by atoms with Crippen LogP contribution in [0.25, 0.3) is 0 Å². The molecule has 0 saturated heterocycles. The normalized spacial score (nSPS) is 20.9. The smallest absolute Gasteiger partial charge is 0.278 e. The maximum Gasteiger partial charge on any atom is 0.278 e. The number of anilines is 1. The second kappa shape index (κ2) is 5.21. The van der Waals surface area contributed by atoms with Crippen molar-refractivity contribution >= 4 is 29.8 Å². The van der Waals surface area contributed by atoms with Crippen molar-refractivity contribution in [3.63, 3.8) is 0 Å². The first kappa shape index (κ1) is 13.5. The highest BCUT2D eigenvalue weighted by Gasteiger charge is 2.35. The second-order valence-electron chi connectivity index (χ2n) is 5.49. The van der Waals surface area contributed by atoms with Crippen LogP contribution in [0.2, 0.25) is 5.02 Å². The molecule has 1 saturated carbocycles. The molecule has 6 nitrogen and oxygen atoms in total. The van der Waals surface area contributed by atoms with Crippen LogP contribution >= 0.6 is 11.6 Å². The molecule has 1 aliphatic carbocycles. The van der Waals surface area contributed by atoms with Gasteiger partial charge in [-0.1, -0.05) is 29.8 Å². The third-order valence-corrected chi connectivity index (χ3v) is 4.20. The summed E-state index contributed by atoms with van der Waals surface area (Å²) in [5.74, 6) is 1.06. The summed E-state index contributed by atoms with van der Waals surface area (Å²) in [6, 6.07) is 6.95. The van der Waals surface area contributed by atoms with E-state index in [1.807, 2.05) is 18.2 Å². The summed E-state index contributed by atoms with van der Waals surface area (Å²) in [4.78, 5) is 22.3. The fourth-order valence-corrected chi connectivity index (χ4v) is 2.62. The lowest BCUT2D eigenvalue weighted by Crippen LogP contribution is -2.32. The van der Waals surface area contributed by atoms with Gasteiger partial charge in [0.25, 0.3) is 11.9 Å².